The lowest BCUT2D eigenvalue weighted by molar-refractivity contribution is 0.430. The monoisotopic (exact) mass is 276 g/mol. The minimum absolute atomic E-state index is 0.0654. The number of aromatic nitrogens is 1. The van der Waals surface area contributed by atoms with E-state index in [4.69, 9.17) is 0 Å². The van der Waals surface area contributed by atoms with Gasteiger partial charge in [0.05, 0.1) is 0 Å². The maximum atomic E-state index is 14.0. The first-order valence-electron chi connectivity index (χ1n) is 6.72. The Bertz CT molecular complexity index is 537. The summed E-state index contributed by atoms with van der Waals surface area (Å²) < 4.78 is 28.0. The quantitative estimate of drug-likeness (QED) is 0.898. The van der Waals surface area contributed by atoms with Crippen LogP contribution in [0.4, 0.5) is 8.78 Å². The molecule has 0 spiro atoms. The fourth-order valence-electron chi connectivity index (χ4n) is 2.42. The van der Waals surface area contributed by atoms with Crippen molar-refractivity contribution in [2.24, 2.45) is 0 Å². The number of hydrogen-bond acceptors (Lipinski definition) is 2. The van der Waals surface area contributed by atoms with Crippen LogP contribution in [0.3, 0.4) is 0 Å². The van der Waals surface area contributed by atoms with Crippen molar-refractivity contribution in [1.82, 2.24) is 10.3 Å². The van der Waals surface area contributed by atoms with Gasteiger partial charge in [-0.15, -0.1) is 0 Å². The van der Waals surface area contributed by atoms with Crippen molar-refractivity contribution in [1.29, 1.82) is 0 Å². The van der Waals surface area contributed by atoms with Gasteiger partial charge in [0.15, 0.2) is 0 Å². The van der Waals surface area contributed by atoms with E-state index < -0.39 is 17.7 Å². The number of benzene rings is 1. The van der Waals surface area contributed by atoms with E-state index in [0.29, 0.717) is 6.54 Å². The van der Waals surface area contributed by atoms with Crippen molar-refractivity contribution in [2.45, 2.75) is 25.8 Å². The Morgan fingerprint density at radius 3 is 2.25 bits per heavy atom. The highest BCUT2D eigenvalue weighted by Gasteiger charge is 2.25. The average molecular weight is 276 g/mol. The Labute approximate surface area is 117 Å². The van der Waals surface area contributed by atoms with Gasteiger partial charge in [-0.2, -0.15) is 0 Å². The zero-order valence-corrected chi connectivity index (χ0v) is 11.6. The fraction of sp³-hybridized carbons (Fsp3) is 0.312. The Balaban J connectivity index is 2.41. The molecule has 2 unspecified atom stereocenters. The number of nitrogens with one attached hydrogen (secondary N) is 1. The molecule has 0 amide bonds. The Kier molecular flexibility index (Phi) is 4.79. The van der Waals surface area contributed by atoms with Gasteiger partial charge in [0, 0.05) is 29.9 Å². The highest BCUT2D eigenvalue weighted by molar-refractivity contribution is 5.28. The molecule has 0 aliphatic heterocycles. The maximum Gasteiger partial charge on any atom is 0.130 e. The smallest absolute Gasteiger partial charge is 0.130 e. The summed E-state index contributed by atoms with van der Waals surface area (Å²) in [4.78, 5) is 3.97. The minimum Gasteiger partial charge on any atom is -0.310 e. The van der Waals surface area contributed by atoms with E-state index in [-0.39, 0.29) is 11.5 Å². The van der Waals surface area contributed by atoms with Crippen molar-refractivity contribution in [2.75, 3.05) is 6.54 Å². The van der Waals surface area contributed by atoms with Crippen LogP contribution >= 0.6 is 0 Å². The molecule has 0 fully saturated rings. The van der Waals surface area contributed by atoms with Crippen LogP contribution in [0, 0.1) is 11.6 Å². The van der Waals surface area contributed by atoms with Gasteiger partial charge in [-0.3, -0.25) is 4.98 Å². The molecule has 1 N–H and O–H groups in total. The van der Waals surface area contributed by atoms with Crippen molar-refractivity contribution in [3.8, 4) is 0 Å². The third-order valence-corrected chi connectivity index (χ3v) is 3.47. The summed E-state index contributed by atoms with van der Waals surface area (Å²) in [5.41, 5.74) is 1.09. The Morgan fingerprint density at radius 1 is 1.10 bits per heavy atom. The second-order valence-electron chi connectivity index (χ2n) is 4.74. The molecule has 1 aromatic carbocycles. The van der Waals surface area contributed by atoms with E-state index in [2.05, 4.69) is 10.3 Å². The number of pyridine rings is 1. The highest BCUT2D eigenvalue weighted by atomic mass is 19.1. The van der Waals surface area contributed by atoms with Gasteiger partial charge in [-0.1, -0.05) is 19.9 Å². The molecule has 4 heteroatoms. The first-order chi connectivity index (χ1) is 9.65. The van der Waals surface area contributed by atoms with E-state index >= 15 is 0 Å². The standard InChI is InChI=1S/C16H18F2N2/c1-3-20-16(11(2)12-7-9-19-10-8-12)15-13(17)5-4-6-14(15)18/h4-11,16,20H,3H2,1-2H3. The van der Waals surface area contributed by atoms with Crippen LogP contribution in [-0.4, -0.2) is 11.5 Å². The number of nitrogens with zero attached hydrogens (tertiary/aromatic N) is 1. The predicted molar refractivity (Wildman–Crippen MR) is 75.4 cm³/mol. The van der Waals surface area contributed by atoms with Crippen LogP contribution in [0.5, 0.6) is 0 Å². The number of likely N-dealkylation sites (N-methyl/N-ethyl adjacent to an activating group) is 1. The number of hydrogen-bond donors (Lipinski definition) is 1. The van der Waals surface area contributed by atoms with Gasteiger partial charge in [0.25, 0.3) is 0 Å². The first kappa shape index (κ1) is 14.6. The molecule has 20 heavy (non-hydrogen) atoms. The zero-order chi connectivity index (χ0) is 14.5. The van der Waals surface area contributed by atoms with Crippen LogP contribution in [-0.2, 0) is 0 Å². The van der Waals surface area contributed by atoms with Crippen LogP contribution < -0.4 is 5.32 Å². The molecular formula is C16H18F2N2. The van der Waals surface area contributed by atoms with Crippen LogP contribution in [0.2, 0.25) is 0 Å². The molecule has 0 aliphatic rings. The van der Waals surface area contributed by atoms with Gasteiger partial charge >= 0.3 is 0 Å². The lowest BCUT2D eigenvalue weighted by Gasteiger charge is -2.26. The SMILES string of the molecule is CCNC(c1c(F)cccc1F)C(C)c1ccncc1. The second kappa shape index (κ2) is 6.57. The molecule has 0 radical (unpaired) electrons. The Hall–Kier alpha value is -1.81. The molecule has 2 nitrogen and oxygen atoms in total. The van der Waals surface area contributed by atoms with E-state index in [0.717, 1.165) is 5.56 Å². The van der Waals surface area contributed by atoms with Gasteiger partial charge in [0.2, 0.25) is 0 Å². The normalized spacial score (nSPS) is 14.0. The van der Waals surface area contributed by atoms with Gasteiger partial charge in [-0.05, 0) is 36.4 Å². The molecular weight excluding hydrogens is 258 g/mol. The topological polar surface area (TPSA) is 24.9 Å². The molecule has 0 bridgehead atoms. The third-order valence-electron chi connectivity index (χ3n) is 3.47. The molecule has 106 valence electrons. The van der Waals surface area contributed by atoms with Gasteiger partial charge < -0.3 is 5.32 Å². The van der Waals surface area contributed by atoms with Crippen LogP contribution in [0.25, 0.3) is 0 Å². The Morgan fingerprint density at radius 2 is 1.70 bits per heavy atom. The number of rotatable bonds is 5. The van der Waals surface area contributed by atoms with Crippen molar-refractivity contribution in [3.05, 3.63) is 65.5 Å². The minimum atomic E-state index is -0.517. The van der Waals surface area contributed by atoms with Crippen LogP contribution in [0.1, 0.15) is 36.9 Å². The molecule has 2 aromatic rings. The first-order valence-corrected chi connectivity index (χ1v) is 6.72. The molecule has 0 aliphatic carbocycles. The van der Waals surface area contributed by atoms with E-state index in [9.17, 15) is 8.78 Å². The summed E-state index contributed by atoms with van der Waals surface area (Å²) in [7, 11) is 0. The van der Waals surface area contributed by atoms with Gasteiger partial charge in [-0.25, -0.2) is 8.78 Å². The summed E-state index contributed by atoms with van der Waals surface area (Å²) in [6.45, 7) is 4.51. The molecule has 1 aromatic heterocycles. The lowest BCUT2D eigenvalue weighted by atomic mass is 9.88. The fourth-order valence-corrected chi connectivity index (χ4v) is 2.42. The highest BCUT2D eigenvalue weighted by Crippen LogP contribution is 2.33. The molecule has 2 rings (SSSR count). The molecule has 1 heterocycles. The van der Waals surface area contributed by atoms with Crippen molar-refractivity contribution in [3.63, 3.8) is 0 Å². The van der Waals surface area contributed by atoms with Gasteiger partial charge in [0.1, 0.15) is 11.6 Å². The van der Waals surface area contributed by atoms with Crippen molar-refractivity contribution < 1.29 is 8.78 Å². The largest absolute Gasteiger partial charge is 0.310 e. The molecule has 2 atom stereocenters. The lowest BCUT2D eigenvalue weighted by Crippen LogP contribution is -2.27. The van der Waals surface area contributed by atoms with Crippen molar-refractivity contribution >= 4 is 0 Å². The maximum absolute atomic E-state index is 14.0. The summed E-state index contributed by atoms with van der Waals surface area (Å²) in [6.07, 6.45) is 3.37. The summed E-state index contributed by atoms with van der Waals surface area (Å²) in [5, 5.41) is 3.18. The van der Waals surface area contributed by atoms with E-state index in [1.165, 1.54) is 18.2 Å². The predicted octanol–water partition coefficient (Wildman–Crippen LogP) is 3.81. The third kappa shape index (κ3) is 3.02. The summed E-state index contributed by atoms with van der Waals surface area (Å²) in [6, 6.07) is 7.29. The average Bonchev–Trinajstić information content (AvgIpc) is 2.46. The summed E-state index contributed by atoms with van der Waals surface area (Å²) >= 11 is 0. The molecule has 0 saturated heterocycles. The van der Waals surface area contributed by atoms with E-state index in [1.54, 1.807) is 12.4 Å². The van der Waals surface area contributed by atoms with Crippen LogP contribution in [0.15, 0.2) is 42.7 Å². The molecule has 0 saturated carbocycles. The second-order valence-corrected chi connectivity index (χ2v) is 4.74. The number of halogens is 2. The summed E-state index contributed by atoms with van der Waals surface area (Å²) in [5.74, 6) is -1.10. The van der Waals surface area contributed by atoms with E-state index in [1.807, 2.05) is 26.0 Å². The zero-order valence-electron chi connectivity index (χ0n) is 11.6.